The molecule has 1 aliphatic heterocycles. The molecular formula is C21H25ClN4. The molecule has 0 aliphatic carbocycles. The second kappa shape index (κ2) is 8.49. The van der Waals surface area contributed by atoms with Gasteiger partial charge in [-0.3, -0.25) is 9.58 Å². The van der Waals surface area contributed by atoms with Crippen LogP contribution in [0, 0.1) is 0 Å². The molecule has 2 atom stereocenters. The molecule has 0 amide bonds. The van der Waals surface area contributed by atoms with E-state index in [1.807, 2.05) is 16.9 Å². The van der Waals surface area contributed by atoms with Crippen molar-refractivity contribution in [2.45, 2.75) is 25.0 Å². The van der Waals surface area contributed by atoms with Gasteiger partial charge in [-0.25, -0.2) is 0 Å². The standard InChI is InChI=1S/C21H24N4.ClH/c22-21-16-24(15-20(21)19-9-5-2-6-10-19)12-18-11-23-25(14-18)13-17-7-3-1-4-8-17;/h1-11,14,20-21H,12-13,15-16,22H2;1H/t20-,21+;/m0./s1. The van der Waals surface area contributed by atoms with Crippen LogP contribution in [0.15, 0.2) is 73.1 Å². The van der Waals surface area contributed by atoms with Crippen LogP contribution in [0.1, 0.15) is 22.6 Å². The van der Waals surface area contributed by atoms with Gasteiger partial charge in [0.2, 0.25) is 0 Å². The normalized spacial score (nSPS) is 20.0. The zero-order valence-electron chi connectivity index (χ0n) is 14.7. The predicted octanol–water partition coefficient (Wildman–Crippen LogP) is 3.28. The Balaban J connectivity index is 0.00000196. The maximum atomic E-state index is 6.40. The summed E-state index contributed by atoms with van der Waals surface area (Å²) in [4.78, 5) is 2.44. The van der Waals surface area contributed by atoms with Gasteiger partial charge in [0.15, 0.2) is 0 Å². The van der Waals surface area contributed by atoms with Crippen molar-refractivity contribution >= 4 is 12.4 Å². The van der Waals surface area contributed by atoms with Crippen molar-refractivity contribution in [1.82, 2.24) is 14.7 Å². The Morgan fingerprint density at radius 1 is 0.885 bits per heavy atom. The fraction of sp³-hybridized carbons (Fsp3) is 0.286. The fourth-order valence-corrected chi connectivity index (χ4v) is 3.70. The highest BCUT2D eigenvalue weighted by Gasteiger charge is 2.31. The van der Waals surface area contributed by atoms with Gasteiger partial charge in [-0.1, -0.05) is 60.7 Å². The first-order valence-corrected chi connectivity index (χ1v) is 8.86. The molecule has 1 saturated heterocycles. The number of rotatable bonds is 5. The van der Waals surface area contributed by atoms with E-state index in [1.165, 1.54) is 16.7 Å². The summed E-state index contributed by atoms with van der Waals surface area (Å²) in [6.45, 7) is 3.66. The summed E-state index contributed by atoms with van der Waals surface area (Å²) in [6.07, 6.45) is 4.12. The molecule has 1 fully saturated rings. The van der Waals surface area contributed by atoms with Gasteiger partial charge in [0.1, 0.15) is 0 Å². The van der Waals surface area contributed by atoms with Crippen LogP contribution in [-0.2, 0) is 13.1 Å². The Hall–Kier alpha value is -2.14. The van der Waals surface area contributed by atoms with E-state index in [9.17, 15) is 0 Å². The Morgan fingerprint density at radius 3 is 2.31 bits per heavy atom. The van der Waals surface area contributed by atoms with E-state index in [0.29, 0.717) is 5.92 Å². The molecule has 3 aromatic rings. The van der Waals surface area contributed by atoms with E-state index in [0.717, 1.165) is 26.2 Å². The van der Waals surface area contributed by atoms with Crippen molar-refractivity contribution in [3.63, 3.8) is 0 Å². The van der Waals surface area contributed by atoms with E-state index < -0.39 is 0 Å². The average molecular weight is 369 g/mol. The SMILES string of the molecule is Cl.N[C@@H]1CN(Cc2cnn(Cc3ccccc3)c2)C[C@H]1c1ccccc1. The third-order valence-electron chi connectivity index (χ3n) is 4.95. The van der Waals surface area contributed by atoms with E-state index in [2.05, 4.69) is 70.8 Å². The maximum absolute atomic E-state index is 6.40. The van der Waals surface area contributed by atoms with Crippen LogP contribution in [0.5, 0.6) is 0 Å². The quantitative estimate of drug-likeness (QED) is 0.751. The van der Waals surface area contributed by atoms with Crippen LogP contribution in [0.4, 0.5) is 0 Å². The molecule has 0 saturated carbocycles. The van der Waals surface area contributed by atoms with Crippen LogP contribution in [0.25, 0.3) is 0 Å². The number of nitrogens with two attached hydrogens (primary N) is 1. The first-order valence-electron chi connectivity index (χ1n) is 8.86. The van der Waals surface area contributed by atoms with Gasteiger partial charge in [0, 0.05) is 43.4 Å². The molecular weight excluding hydrogens is 344 g/mol. The minimum atomic E-state index is 0. The van der Waals surface area contributed by atoms with Crippen molar-refractivity contribution in [2.24, 2.45) is 5.73 Å². The number of benzene rings is 2. The molecule has 0 bridgehead atoms. The zero-order chi connectivity index (χ0) is 17.1. The van der Waals surface area contributed by atoms with E-state index >= 15 is 0 Å². The molecule has 2 N–H and O–H groups in total. The third kappa shape index (κ3) is 4.33. The van der Waals surface area contributed by atoms with E-state index in [1.54, 1.807) is 0 Å². The van der Waals surface area contributed by atoms with E-state index in [4.69, 9.17) is 5.73 Å². The molecule has 136 valence electrons. The van der Waals surface area contributed by atoms with Crippen molar-refractivity contribution in [2.75, 3.05) is 13.1 Å². The molecule has 1 aromatic heterocycles. The molecule has 0 radical (unpaired) electrons. The summed E-state index contributed by atoms with van der Waals surface area (Å²) in [6, 6.07) is 21.2. The van der Waals surface area contributed by atoms with Crippen molar-refractivity contribution < 1.29 is 0 Å². The maximum Gasteiger partial charge on any atom is 0.0659 e. The number of aromatic nitrogens is 2. The summed E-state index contributed by atoms with van der Waals surface area (Å²) < 4.78 is 2.01. The molecule has 1 aliphatic rings. The lowest BCUT2D eigenvalue weighted by atomic mass is 9.95. The van der Waals surface area contributed by atoms with Crippen LogP contribution in [0.3, 0.4) is 0 Å². The van der Waals surface area contributed by atoms with Crippen molar-refractivity contribution in [1.29, 1.82) is 0 Å². The van der Waals surface area contributed by atoms with Crippen molar-refractivity contribution in [3.8, 4) is 0 Å². The second-order valence-corrected chi connectivity index (χ2v) is 6.91. The Kier molecular flexibility index (Phi) is 6.09. The Bertz CT molecular complexity index is 803. The number of hydrogen-bond acceptors (Lipinski definition) is 3. The molecule has 4 nitrogen and oxygen atoms in total. The molecule has 2 heterocycles. The number of likely N-dealkylation sites (tertiary alicyclic amines) is 1. The summed E-state index contributed by atoms with van der Waals surface area (Å²) in [5.41, 5.74) is 10.3. The van der Waals surface area contributed by atoms with Gasteiger partial charge in [-0.2, -0.15) is 5.10 Å². The monoisotopic (exact) mass is 368 g/mol. The van der Waals surface area contributed by atoms with Crippen LogP contribution >= 0.6 is 12.4 Å². The second-order valence-electron chi connectivity index (χ2n) is 6.91. The van der Waals surface area contributed by atoms with Gasteiger partial charge in [0.05, 0.1) is 12.7 Å². The third-order valence-corrected chi connectivity index (χ3v) is 4.95. The van der Waals surface area contributed by atoms with E-state index in [-0.39, 0.29) is 18.4 Å². The summed E-state index contributed by atoms with van der Waals surface area (Å²) >= 11 is 0. The lowest BCUT2D eigenvalue weighted by molar-refractivity contribution is 0.323. The molecule has 5 heteroatoms. The first kappa shape index (κ1) is 18.6. The molecule has 2 aromatic carbocycles. The number of halogens is 1. The van der Waals surface area contributed by atoms with Crippen LogP contribution in [-0.4, -0.2) is 33.8 Å². The minimum absolute atomic E-state index is 0. The summed E-state index contributed by atoms with van der Waals surface area (Å²) in [5.74, 6) is 0.417. The Labute approximate surface area is 161 Å². The topological polar surface area (TPSA) is 47.1 Å². The zero-order valence-corrected chi connectivity index (χ0v) is 15.6. The minimum Gasteiger partial charge on any atom is -0.326 e. The van der Waals surface area contributed by atoms with Gasteiger partial charge in [0.25, 0.3) is 0 Å². The lowest BCUT2D eigenvalue weighted by Crippen LogP contribution is -2.28. The lowest BCUT2D eigenvalue weighted by Gasteiger charge is -2.15. The average Bonchev–Trinajstić information content (AvgIpc) is 3.23. The smallest absolute Gasteiger partial charge is 0.0659 e. The summed E-state index contributed by atoms with van der Waals surface area (Å²) in [5, 5.41) is 4.51. The van der Waals surface area contributed by atoms with Crippen LogP contribution in [0.2, 0.25) is 0 Å². The van der Waals surface area contributed by atoms with Gasteiger partial charge < -0.3 is 5.73 Å². The largest absolute Gasteiger partial charge is 0.326 e. The highest BCUT2D eigenvalue weighted by atomic mass is 35.5. The summed E-state index contributed by atoms with van der Waals surface area (Å²) in [7, 11) is 0. The van der Waals surface area contributed by atoms with Crippen molar-refractivity contribution in [3.05, 3.63) is 89.7 Å². The van der Waals surface area contributed by atoms with Crippen LogP contribution < -0.4 is 5.73 Å². The van der Waals surface area contributed by atoms with Gasteiger partial charge in [-0.05, 0) is 11.1 Å². The highest BCUT2D eigenvalue weighted by Crippen LogP contribution is 2.27. The molecule has 0 spiro atoms. The number of hydrogen-bond donors (Lipinski definition) is 1. The highest BCUT2D eigenvalue weighted by molar-refractivity contribution is 5.85. The number of nitrogens with zero attached hydrogens (tertiary/aromatic N) is 3. The fourth-order valence-electron chi connectivity index (χ4n) is 3.70. The first-order chi connectivity index (χ1) is 12.3. The molecule has 26 heavy (non-hydrogen) atoms. The van der Waals surface area contributed by atoms with Gasteiger partial charge in [-0.15, -0.1) is 12.4 Å². The van der Waals surface area contributed by atoms with Gasteiger partial charge >= 0.3 is 0 Å². The Morgan fingerprint density at radius 2 is 1.58 bits per heavy atom. The molecule has 4 rings (SSSR count). The predicted molar refractivity (Wildman–Crippen MR) is 107 cm³/mol. The molecule has 0 unspecified atom stereocenters.